The van der Waals surface area contributed by atoms with Crippen LogP contribution in [0.2, 0.25) is 0 Å². The minimum Gasteiger partial charge on any atom is -0.370 e. The third-order valence-electron chi connectivity index (χ3n) is 10.2. The molecule has 49 heavy (non-hydrogen) atoms. The number of hydrogen-bond acceptors (Lipinski definition) is 7. The van der Waals surface area contributed by atoms with Crippen LogP contribution < -0.4 is 5.32 Å². The zero-order valence-corrected chi connectivity index (χ0v) is 30.0. The average molecular weight is 678 g/mol. The van der Waals surface area contributed by atoms with E-state index in [0.29, 0.717) is 31.4 Å². The largest absolute Gasteiger partial charge is 0.370 e. The molecule has 2 fully saturated rings. The number of nitrogens with zero attached hydrogens (tertiary/aromatic N) is 2. The van der Waals surface area contributed by atoms with E-state index in [1.165, 1.54) is 4.90 Å². The number of fused-ring (bicyclic) bond motifs is 3. The van der Waals surface area contributed by atoms with E-state index >= 15 is 0 Å². The highest BCUT2D eigenvalue weighted by atomic mass is 16.5. The lowest BCUT2D eigenvalue weighted by Gasteiger charge is -2.31. The third kappa shape index (κ3) is 10.2. The van der Waals surface area contributed by atoms with Gasteiger partial charge in [0.1, 0.15) is 6.04 Å². The van der Waals surface area contributed by atoms with Crippen LogP contribution >= 0.6 is 0 Å². The van der Waals surface area contributed by atoms with E-state index in [1.807, 2.05) is 26.8 Å². The summed E-state index contributed by atoms with van der Waals surface area (Å²) in [4.78, 5) is 83.9. The Bertz CT molecular complexity index is 1390. The molecular weight excluding hydrogens is 622 g/mol. The number of likely N-dealkylation sites (N-methyl/N-ethyl adjacent to an activating group) is 1. The van der Waals surface area contributed by atoms with Crippen molar-refractivity contribution in [3.05, 3.63) is 48.0 Å². The molecule has 6 atom stereocenters. The highest BCUT2D eigenvalue weighted by Crippen LogP contribution is 2.44. The van der Waals surface area contributed by atoms with Crippen molar-refractivity contribution >= 4 is 35.1 Å². The maximum atomic E-state index is 14.2. The Kier molecular flexibility index (Phi) is 13.5. The first-order valence-electron chi connectivity index (χ1n) is 18.1. The van der Waals surface area contributed by atoms with Crippen molar-refractivity contribution in [2.45, 2.75) is 122 Å². The van der Waals surface area contributed by atoms with Crippen molar-refractivity contribution in [2.24, 2.45) is 17.8 Å². The van der Waals surface area contributed by atoms with Gasteiger partial charge in [-0.25, -0.2) is 0 Å². The average Bonchev–Trinajstić information content (AvgIpc) is 3.56. The summed E-state index contributed by atoms with van der Waals surface area (Å²) in [6, 6.07) is 7.23. The summed E-state index contributed by atoms with van der Waals surface area (Å²) in [5.74, 6) is -3.68. The van der Waals surface area contributed by atoms with Gasteiger partial charge in [-0.2, -0.15) is 0 Å². The highest BCUT2D eigenvalue weighted by Gasteiger charge is 2.55. The maximum Gasteiger partial charge on any atom is 0.249 e. The Morgan fingerprint density at radius 1 is 0.959 bits per heavy atom. The molecule has 3 aliphatic heterocycles. The van der Waals surface area contributed by atoms with Gasteiger partial charge in [0.05, 0.1) is 17.7 Å². The van der Waals surface area contributed by atoms with Gasteiger partial charge in [-0.05, 0) is 64.4 Å². The normalized spacial score (nSPS) is 27.0. The molecule has 3 heterocycles. The molecule has 3 amide bonds. The molecule has 2 saturated heterocycles. The van der Waals surface area contributed by atoms with Gasteiger partial charge in [0.15, 0.2) is 11.6 Å². The van der Waals surface area contributed by atoms with Gasteiger partial charge >= 0.3 is 0 Å². The predicted molar refractivity (Wildman–Crippen MR) is 186 cm³/mol. The monoisotopic (exact) mass is 677 g/mol. The van der Waals surface area contributed by atoms with Crippen LogP contribution in [0.4, 0.5) is 0 Å². The number of allylic oxidation sites excluding steroid dienone is 2. The Balaban J connectivity index is 1.48. The summed E-state index contributed by atoms with van der Waals surface area (Å²) < 4.78 is 6.29. The minimum absolute atomic E-state index is 0.0551. The lowest BCUT2D eigenvalue weighted by atomic mass is 9.82. The first-order chi connectivity index (χ1) is 23.3. The lowest BCUT2D eigenvalue weighted by molar-refractivity contribution is -0.144. The van der Waals surface area contributed by atoms with Gasteiger partial charge in [-0.3, -0.25) is 28.8 Å². The summed E-state index contributed by atoms with van der Waals surface area (Å²) in [5.41, 5.74) is 0.193. The maximum absolute atomic E-state index is 14.2. The Morgan fingerprint density at radius 3 is 2.27 bits per heavy atom. The summed E-state index contributed by atoms with van der Waals surface area (Å²) in [6.45, 7) is 6.27. The topological polar surface area (TPSA) is 130 Å². The van der Waals surface area contributed by atoms with Gasteiger partial charge in [0, 0.05) is 57.7 Å². The number of rotatable bonds is 8. The molecule has 1 aromatic carbocycles. The summed E-state index contributed by atoms with van der Waals surface area (Å²) in [7, 11) is 3.20. The zero-order valence-electron chi connectivity index (χ0n) is 30.0. The van der Waals surface area contributed by atoms with Crippen LogP contribution in [0.3, 0.4) is 0 Å². The quantitative estimate of drug-likeness (QED) is 0.298. The number of carbonyl (C=O) groups is 6. The molecule has 4 rings (SSSR count). The summed E-state index contributed by atoms with van der Waals surface area (Å²) >= 11 is 0. The number of ether oxygens (including phenoxy) is 1. The molecule has 0 bridgehead atoms. The van der Waals surface area contributed by atoms with Crippen molar-refractivity contribution in [3.63, 3.8) is 0 Å². The second-order valence-electron chi connectivity index (χ2n) is 15.0. The molecule has 2 unspecified atom stereocenters. The highest BCUT2D eigenvalue weighted by molar-refractivity contribution is 6.38. The first-order valence-corrected chi connectivity index (χ1v) is 18.1. The van der Waals surface area contributed by atoms with Gasteiger partial charge in [-0.15, -0.1) is 0 Å². The lowest BCUT2D eigenvalue weighted by Crippen LogP contribution is -2.47. The number of hydrogen-bond donors (Lipinski definition) is 1. The van der Waals surface area contributed by atoms with Crippen molar-refractivity contribution in [3.8, 4) is 0 Å². The molecular formula is C39H55N3O7. The van der Waals surface area contributed by atoms with Crippen LogP contribution in [0.15, 0.2) is 42.5 Å². The number of nitrogens with one attached hydrogen (secondary N) is 1. The Labute approximate surface area is 291 Å². The fraction of sp³-hybridized carbons (Fsp3) is 0.641. The van der Waals surface area contributed by atoms with Crippen molar-refractivity contribution in [2.75, 3.05) is 20.6 Å². The van der Waals surface area contributed by atoms with E-state index in [4.69, 9.17) is 4.74 Å². The van der Waals surface area contributed by atoms with E-state index in [2.05, 4.69) is 17.5 Å². The van der Waals surface area contributed by atoms with Gasteiger partial charge in [-0.1, -0.05) is 62.2 Å². The zero-order chi connectivity index (χ0) is 35.7. The smallest absolute Gasteiger partial charge is 0.249 e. The second kappa shape index (κ2) is 17.3. The molecule has 10 nitrogen and oxygen atoms in total. The molecule has 3 aliphatic rings. The molecule has 0 spiro atoms. The molecule has 0 saturated carbocycles. The third-order valence-corrected chi connectivity index (χ3v) is 10.2. The predicted octanol–water partition coefficient (Wildman–Crippen LogP) is 5.15. The van der Waals surface area contributed by atoms with Gasteiger partial charge < -0.3 is 19.9 Å². The molecule has 1 aromatic rings. The van der Waals surface area contributed by atoms with Crippen LogP contribution in [0.1, 0.15) is 109 Å². The van der Waals surface area contributed by atoms with E-state index in [-0.39, 0.29) is 54.8 Å². The number of benzene rings is 1. The molecule has 0 aliphatic carbocycles. The van der Waals surface area contributed by atoms with Crippen molar-refractivity contribution in [1.82, 2.24) is 15.1 Å². The molecule has 0 radical (unpaired) electrons. The van der Waals surface area contributed by atoms with E-state index in [9.17, 15) is 28.8 Å². The fourth-order valence-electron chi connectivity index (χ4n) is 7.61. The number of amides is 3. The fourth-order valence-corrected chi connectivity index (χ4v) is 7.61. The van der Waals surface area contributed by atoms with Crippen LogP contribution in [-0.4, -0.2) is 83.3 Å². The number of carbonyl (C=O) groups excluding carboxylic acids is 6. The molecule has 268 valence electrons. The summed E-state index contributed by atoms with van der Waals surface area (Å²) in [5, 5.41) is 2.72. The van der Waals surface area contributed by atoms with Crippen LogP contribution in [0, 0.1) is 17.8 Å². The van der Waals surface area contributed by atoms with E-state index in [1.54, 1.807) is 43.3 Å². The summed E-state index contributed by atoms with van der Waals surface area (Å²) in [6.07, 6.45) is 10.3. The Morgan fingerprint density at radius 2 is 1.61 bits per heavy atom. The van der Waals surface area contributed by atoms with Crippen molar-refractivity contribution < 1.29 is 33.5 Å². The van der Waals surface area contributed by atoms with E-state index < -0.39 is 41.1 Å². The van der Waals surface area contributed by atoms with Crippen LogP contribution in [0.25, 0.3) is 0 Å². The Hall–Kier alpha value is -3.66. The van der Waals surface area contributed by atoms with Gasteiger partial charge in [0.25, 0.3) is 0 Å². The van der Waals surface area contributed by atoms with E-state index in [0.717, 1.165) is 38.5 Å². The number of Topliss-reactive ketones (excluding diaryl/α,β-unsaturated/α-hetero) is 3. The first kappa shape index (κ1) is 38.1. The SMILES string of the molecule is C[C@H]1CCCCC=CCCCC[C@@H](C(=O)C(=O)CCC(=O)N[C@H](C(=O)N(C)C)c2ccccc2)CC(=O)C2[C@H]3CC(C)(C)OC3CN2C1=O. The number of ketones is 3. The molecule has 1 N–H and O–H groups in total. The van der Waals surface area contributed by atoms with Crippen LogP contribution in [-0.2, 0) is 33.5 Å². The second-order valence-corrected chi connectivity index (χ2v) is 15.0. The van der Waals surface area contributed by atoms with Gasteiger partial charge in [0.2, 0.25) is 23.5 Å². The van der Waals surface area contributed by atoms with Crippen LogP contribution in [0.5, 0.6) is 0 Å². The molecule has 0 aromatic heterocycles. The molecule has 10 heteroatoms. The minimum atomic E-state index is -0.924. The van der Waals surface area contributed by atoms with Crippen molar-refractivity contribution in [1.29, 1.82) is 0 Å². The standard InChI is InChI=1S/C39H55N3O7/c1-26-17-13-10-8-6-7-9-11-14-20-28(23-31(44)35-29-24-39(2,3)49-32(29)25-42(35)37(26)47)36(46)30(43)21-22-33(45)40-34(38(48)41(4)5)27-18-15-12-16-19-27/h6-7,12,15-16,18-19,26,28-29,32,34-35H,8-11,13-14,17,20-25H2,1-5H3,(H,40,45)/t26-,28+,29-,32?,34-,35?/m0/s1.